The Hall–Kier alpha value is -0.600. The smallest absolute Gasteiger partial charge is 0.142 e. The lowest BCUT2D eigenvalue weighted by molar-refractivity contribution is 0.223. The fraction of sp³-hybridized carbons (Fsp3) is 0.400. The monoisotopic (exact) mass is 201 g/mol. The highest BCUT2D eigenvalue weighted by atomic mass is 35.5. The van der Waals surface area contributed by atoms with Gasteiger partial charge in [-0.3, -0.25) is 0 Å². The van der Waals surface area contributed by atoms with Gasteiger partial charge in [0.25, 0.3) is 0 Å². The molecule has 0 spiro atoms. The average Bonchev–Trinajstić information content (AvgIpc) is 2.01. The Labute approximate surface area is 82.7 Å². The molecule has 0 aliphatic heterocycles. The van der Waals surface area contributed by atoms with E-state index >= 15 is 0 Å². The van der Waals surface area contributed by atoms with Crippen LogP contribution in [0.2, 0.25) is 5.02 Å². The van der Waals surface area contributed by atoms with E-state index in [1.165, 1.54) is 0 Å². The Bertz CT molecular complexity index is 293. The zero-order valence-electron chi connectivity index (χ0n) is 7.72. The molecule has 0 bridgehead atoms. The third kappa shape index (κ3) is 2.68. The molecular weight excluding hydrogens is 189 g/mol. The predicted octanol–water partition coefficient (Wildman–Crippen LogP) is 3.09. The van der Waals surface area contributed by atoms with Gasteiger partial charge in [0.15, 0.2) is 0 Å². The zero-order chi connectivity index (χ0) is 10.1. The van der Waals surface area contributed by atoms with E-state index in [0.717, 1.165) is 0 Å². The summed E-state index contributed by atoms with van der Waals surface area (Å²) in [7, 11) is 0. The van der Waals surface area contributed by atoms with Gasteiger partial charge in [0.2, 0.25) is 0 Å². The molecule has 1 rings (SSSR count). The highest BCUT2D eigenvalue weighted by Crippen LogP contribution is 2.28. The van der Waals surface area contributed by atoms with E-state index in [9.17, 15) is 4.39 Å². The standard InChI is InChI=1S/C10H13ClFN/c1-10(2,13)9(12)7-4-3-5-8(11)6-7/h3-6,9H,13H2,1-2H3. The molecule has 2 N–H and O–H groups in total. The van der Waals surface area contributed by atoms with Gasteiger partial charge in [0.1, 0.15) is 6.17 Å². The topological polar surface area (TPSA) is 26.0 Å². The van der Waals surface area contributed by atoms with Crippen molar-refractivity contribution in [3.8, 4) is 0 Å². The molecule has 1 atom stereocenters. The van der Waals surface area contributed by atoms with Crippen molar-refractivity contribution in [1.82, 2.24) is 0 Å². The third-order valence-corrected chi connectivity index (χ3v) is 2.03. The van der Waals surface area contributed by atoms with Crippen LogP contribution in [0.25, 0.3) is 0 Å². The molecular formula is C10H13ClFN. The Morgan fingerprint density at radius 1 is 1.46 bits per heavy atom. The number of nitrogens with two attached hydrogens (primary N) is 1. The second-order valence-corrected chi connectivity index (χ2v) is 4.18. The van der Waals surface area contributed by atoms with Gasteiger partial charge < -0.3 is 5.73 Å². The summed E-state index contributed by atoms with van der Waals surface area (Å²) in [5.41, 5.74) is 5.30. The van der Waals surface area contributed by atoms with Crippen LogP contribution in [-0.2, 0) is 0 Å². The molecule has 1 aromatic carbocycles. The molecule has 1 unspecified atom stereocenters. The van der Waals surface area contributed by atoms with E-state index in [2.05, 4.69) is 0 Å². The van der Waals surface area contributed by atoms with Crippen molar-refractivity contribution in [3.63, 3.8) is 0 Å². The van der Waals surface area contributed by atoms with Gasteiger partial charge in [-0.05, 0) is 31.5 Å². The molecule has 3 heteroatoms. The van der Waals surface area contributed by atoms with Gasteiger partial charge in [0.05, 0.1) is 0 Å². The van der Waals surface area contributed by atoms with Crippen LogP contribution in [0, 0.1) is 0 Å². The maximum Gasteiger partial charge on any atom is 0.142 e. The van der Waals surface area contributed by atoms with Crippen LogP contribution in [0.5, 0.6) is 0 Å². The molecule has 0 saturated carbocycles. The molecule has 13 heavy (non-hydrogen) atoms. The summed E-state index contributed by atoms with van der Waals surface area (Å²) in [6.07, 6.45) is -1.19. The number of alkyl halides is 1. The van der Waals surface area contributed by atoms with E-state index in [4.69, 9.17) is 17.3 Å². The highest BCUT2D eigenvalue weighted by molar-refractivity contribution is 6.30. The van der Waals surface area contributed by atoms with Gasteiger partial charge in [-0.15, -0.1) is 0 Å². The first-order chi connectivity index (χ1) is 5.91. The second-order valence-electron chi connectivity index (χ2n) is 3.74. The van der Waals surface area contributed by atoms with Gasteiger partial charge in [-0.1, -0.05) is 23.7 Å². The van der Waals surface area contributed by atoms with E-state index in [-0.39, 0.29) is 0 Å². The maximum atomic E-state index is 13.6. The molecule has 0 saturated heterocycles. The minimum Gasteiger partial charge on any atom is -0.323 e. The summed E-state index contributed by atoms with van der Waals surface area (Å²) < 4.78 is 13.6. The molecule has 1 nitrogen and oxygen atoms in total. The fourth-order valence-corrected chi connectivity index (χ4v) is 1.29. The van der Waals surface area contributed by atoms with Crippen LogP contribution < -0.4 is 5.73 Å². The second kappa shape index (κ2) is 3.64. The SMILES string of the molecule is CC(C)(N)C(F)c1cccc(Cl)c1. The van der Waals surface area contributed by atoms with E-state index in [0.29, 0.717) is 10.6 Å². The molecule has 0 heterocycles. The van der Waals surface area contributed by atoms with Crippen LogP contribution in [0.1, 0.15) is 25.6 Å². The van der Waals surface area contributed by atoms with Crippen molar-refractivity contribution >= 4 is 11.6 Å². The number of hydrogen-bond acceptors (Lipinski definition) is 1. The summed E-state index contributed by atoms with van der Waals surface area (Å²) in [6, 6.07) is 6.71. The van der Waals surface area contributed by atoms with Crippen LogP contribution in [0.4, 0.5) is 4.39 Å². The Kier molecular flexibility index (Phi) is 2.94. The van der Waals surface area contributed by atoms with E-state index < -0.39 is 11.7 Å². The number of halogens is 2. The number of rotatable bonds is 2. The van der Waals surface area contributed by atoms with Gasteiger partial charge >= 0.3 is 0 Å². The largest absolute Gasteiger partial charge is 0.323 e. The summed E-state index contributed by atoms with van der Waals surface area (Å²) in [6.45, 7) is 3.30. The summed E-state index contributed by atoms with van der Waals surface area (Å²) in [5.74, 6) is 0. The Morgan fingerprint density at radius 2 is 2.08 bits per heavy atom. The lowest BCUT2D eigenvalue weighted by Gasteiger charge is -2.23. The van der Waals surface area contributed by atoms with Crippen molar-refractivity contribution in [3.05, 3.63) is 34.9 Å². The lowest BCUT2D eigenvalue weighted by Crippen LogP contribution is -2.37. The third-order valence-electron chi connectivity index (χ3n) is 1.79. The minimum atomic E-state index is -1.19. The van der Waals surface area contributed by atoms with Crippen molar-refractivity contribution < 1.29 is 4.39 Å². The molecule has 0 aliphatic carbocycles. The van der Waals surface area contributed by atoms with Crippen molar-refractivity contribution in [2.45, 2.75) is 25.6 Å². The number of benzene rings is 1. The van der Waals surface area contributed by atoms with Crippen molar-refractivity contribution in [2.24, 2.45) is 5.73 Å². The first kappa shape index (κ1) is 10.5. The Balaban J connectivity index is 2.96. The molecule has 0 fully saturated rings. The molecule has 0 radical (unpaired) electrons. The molecule has 72 valence electrons. The minimum absolute atomic E-state index is 0.528. The van der Waals surface area contributed by atoms with E-state index in [1.807, 2.05) is 0 Å². The summed E-state index contributed by atoms with van der Waals surface area (Å²) in [4.78, 5) is 0. The normalized spacial score (nSPS) is 14.2. The van der Waals surface area contributed by atoms with Crippen LogP contribution >= 0.6 is 11.6 Å². The fourth-order valence-electron chi connectivity index (χ4n) is 1.09. The summed E-state index contributed by atoms with van der Waals surface area (Å²) >= 11 is 5.73. The van der Waals surface area contributed by atoms with Gasteiger partial charge in [0, 0.05) is 10.6 Å². The summed E-state index contributed by atoms with van der Waals surface area (Å²) in [5, 5.41) is 0.532. The zero-order valence-corrected chi connectivity index (χ0v) is 8.48. The van der Waals surface area contributed by atoms with Crippen molar-refractivity contribution in [1.29, 1.82) is 0 Å². The predicted molar refractivity (Wildman–Crippen MR) is 53.6 cm³/mol. The number of hydrogen-bond donors (Lipinski definition) is 1. The molecule has 0 aliphatic rings. The Morgan fingerprint density at radius 3 is 2.54 bits per heavy atom. The quantitative estimate of drug-likeness (QED) is 0.782. The van der Waals surface area contributed by atoms with Crippen LogP contribution in [0.3, 0.4) is 0 Å². The van der Waals surface area contributed by atoms with E-state index in [1.54, 1.807) is 38.1 Å². The van der Waals surface area contributed by atoms with Crippen molar-refractivity contribution in [2.75, 3.05) is 0 Å². The molecule has 0 amide bonds. The molecule has 0 aromatic heterocycles. The van der Waals surface area contributed by atoms with Gasteiger partial charge in [-0.2, -0.15) is 0 Å². The molecule has 1 aromatic rings. The average molecular weight is 202 g/mol. The van der Waals surface area contributed by atoms with Gasteiger partial charge in [-0.25, -0.2) is 4.39 Å². The first-order valence-electron chi connectivity index (χ1n) is 4.09. The highest BCUT2D eigenvalue weighted by Gasteiger charge is 2.26. The first-order valence-corrected chi connectivity index (χ1v) is 4.47. The lowest BCUT2D eigenvalue weighted by atomic mass is 9.94. The van der Waals surface area contributed by atoms with Crippen LogP contribution in [-0.4, -0.2) is 5.54 Å². The van der Waals surface area contributed by atoms with Crippen LogP contribution in [0.15, 0.2) is 24.3 Å². The maximum absolute atomic E-state index is 13.6.